The molecule has 0 radical (unpaired) electrons. The average Bonchev–Trinajstić information content (AvgIpc) is 3.01. The maximum Gasteiger partial charge on any atom is 0.251 e. The first-order chi connectivity index (χ1) is 22.2. The number of aromatic amines is 2. The predicted octanol–water partition coefficient (Wildman–Crippen LogP) is 5.52. The van der Waals surface area contributed by atoms with Gasteiger partial charge in [-0.05, 0) is 86.6 Å². The number of anilines is 2. The molecule has 5 rings (SSSR count). The minimum atomic E-state index is -0.257. The number of thioether (sulfide) groups is 2. The Hall–Kier alpha value is -5.34. The SMILES string of the molecule is Cc1cc(=O)[nH]c(SCC(=O)Nc2ccc(Oc3ccc(Oc4ccc(NC(=O)CSc5nc(C)cc(=O)[nH]5)cc4)cc3)cc2)n1. The van der Waals surface area contributed by atoms with Gasteiger partial charge in [-0.3, -0.25) is 19.2 Å². The van der Waals surface area contributed by atoms with Crippen molar-refractivity contribution in [2.45, 2.75) is 24.2 Å². The van der Waals surface area contributed by atoms with Crippen molar-refractivity contribution in [1.82, 2.24) is 19.9 Å². The zero-order valence-electron chi connectivity index (χ0n) is 24.7. The molecule has 4 N–H and O–H groups in total. The predicted molar refractivity (Wildman–Crippen MR) is 177 cm³/mol. The van der Waals surface area contributed by atoms with Gasteiger partial charge in [-0.1, -0.05) is 23.5 Å². The van der Waals surface area contributed by atoms with Crippen LogP contribution in [0.2, 0.25) is 0 Å². The molecule has 5 aromatic rings. The van der Waals surface area contributed by atoms with E-state index in [2.05, 4.69) is 30.6 Å². The maximum atomic E-state index is 12.3. The molecule has 0 aliphatic heterocycles. The lowest BCUT2D eigenvalue weighted by Gasteiger charge is -2.10. The number of rotatable bonds is 12. The summed E-state index contributed by atoms with van der Waals surface area (Å²) in [6, 6.07) is 23.8. The minimum Gasteiger partial charge on any atom is -0.457 e. The third-order valence-electron chi connectivity index (χ3n) is 5.95. The smallest absolute Gasteiger partial charge is 0.251 e. The number of ether oxygens (including phenoxy) is 2. The molecular weight excluding hydrogens is 629 g/mol. The van der Waals surface area contributed by atoms with Crippen molar-refractivity contribution in [3.8, 4) is 23.0 Å². The van der Waals surface area contributed by atoms with E-state index < -0.39 is 0 Å². The second-order valence-electron chi connectivity index (χ2n) is 9.78. The number of hydrogen-bond acceptors (Lipinski definition) is 10. The summed E-state index contributed by atoms with van der Waals surface area (Å²) in [5.41, 5.74) is 1.87. The molecule has 0 fully saturated rings. The van der Waals surface area contributed by atoms with Crippen LogP contribution in [0, 0.1) is 13.8 Å². The molecule has 0 aliphatic rings. The Labute approximate surface area is 271 Å². The van der Waals surface area contributed by atoms with Gasteiger partial charge < -0.3 is 30.1 Å². The standard InChI is InChI=1S/C32H28N6O6S2/c1-19-15-27(39)37-31(33-19)45-17-29(41)35-21-3-7-23(8-4-21)43-25-11-13-26(14-12-25)44-24-9-5-22(6-10-24)36-30(42)18-46-32-34-20(2)16-28(40)38-32/h3-16H,17-18H2,1-2H3,(H,35,41)(H,36,42)(H,33,37,39)(H,34,38,40). The molecule has 0 aliphatic carbocycles. The average molecular weight is 657 g/mol. The van der Waals surface area contributed by atoms with E-state index in [0.29, 0.717) is 56.1 Å². The molecule has 0 spiro atoms. The van der Waals surface area contributed by atoms with Gasteiger partial charge in [0.2, 0.25) is 11.8 Å². The fraction of sp³-hybridized carbons (Fsp3) is 0.125. The second kappa shape index (κ2) is 15.1. The highest BCUT2D eigenvalue weighted by molar-refractivity contribution is 8.00. The third-order valence-corrected chi connectivity index (χ3v) is 7.69. The number of carbonyl (C=O) groups is 2. The molecule has 2 aromatic heterocycles. The Balaban J connectivity index is 1.06. The van der Waals surface area contributed by atoms with E-state index in [0.717, 1.165) is 23.5 Å². The normalized spacial score (nSPS) is 10.7. The molecule has 2 amide bonds. The van der Waals surface area contributed by atoms with Crippen molar-refractivity contribution in [2.24, 2.45) is 0 Å². The molecule has 12 nitrogen and oxygen atoms in total. The first-order valence-electron chi connectivity index (χ1n) is 13.8. The van der Waals surface area contributed by atoms with Crippen LogP contribution in [0.5, 0.6) is 23.0 Å². The zero-order chi connectivity index (χ0) is 32.5. The molecule has 14 heteroatoms. The highest BCUT2D eigenvalue weighted by atomic mass is 32.2. The highest BCUT2D eigenvalue weighted by Gasteiger charge is 2.09. The number of aryl methyl sites for hydroxylation is 2. The zero-order valence-corrected chi connectivity index (χ0v) is 26.3. The Kier molecular flexibility index (Phi) is 10.5. The molecule has 0 saturated carbocycles. The lowest BCUT2D eigenvalue weighted by Crippen LogP contribution is -2.15. The number of benzene rings is 3. The summed E-state index contributed by atoms with van der Waals surface area (Å²) < 4.78 is 11.8. The highest BCUT2D eigenvalue weighted by Crippen LogP contribution is 2.28. The summed E-state index contributed by atoms with van der Waals surface area (Å²) in [5, 5.41) is 6.39. The van der Waals surface area contributed by atoms with E-state index in [1.165, 1.54) is 12.1 Å². The first kappa shape index (κ1) is 32.1. The maximum absolute atomic E-state index is 12.3. The van der Waals surface area contributed by atoms with Gasteiger partial charge in [0.15, 0.2) is 10.3 Å². The van der Waals surface area contributed by atoms with Crippen LogP contribution in [0.4, 0.5) is 11.4 Å². The van der Waals surface area contributed by atoms with Crippen molar-refractivity contribution in [2.75, 3.05) is 22.1 Å². The van der Waals surface area contributed by atoms with Crippen molar-refractivity contribution >= 4 is 46.7 Å². The Morgan fingerprint density at radius 3 is 1.26 bits per heavy atom. The van der Waals surface area contributed by atoms with Crippen LogP contribution in [0.1, 0.15) is 11.4 Å². The molecule has 0 saturated heterocycles. The van der Waals surface area contributed by atoms with E-state index >= 15 is 0 Å². The van der Waals surface area contributed by atoms with Crippen molar-refractivity contribution in [3.63, 3.8) is 0 Å². The van der Waals surface area contributed by atoms with Crippen LogP contribution < -0.4 is 31.2 Å². The number of aromatic nitrogens is 4. The van der Waals surface area contributed by atoms with Crippen molar-refractivity contribution in [3.05, 3.63) is 117 Å². The molecule has 0 atom stereocenters. The Bertz CT molecular complexity index is 1800. The number of carbonyl (C=O) groups excluding carboxylic acids is 2. The summed E-state index contributed by atoms with van der Waals surface area (Å²) in [6.07, 6.45) is 0. The molecule has 0 unspecified atom stereocenters. The molecule has 0 bridgehead atoms. The topological polar surface area (TPSA) is 168 Å². The van der Waals surface area contributed by atoms with E-state index in [1.807, 2.05) is 0 Å². The van der Waals surface area contributed by atoms with Crippen molar-refractivity contribution in [1.29, 1.82) is 0 Å². The second-order valence-corrected chi connectivity index (χ2v) is 11.7. The summed E-state index contributed by atoms with van der Waals surface area (Å²) in [5.74, 6) is 2.09. The van der Waals surface area contributed by atoms with E-state index in [9.17, 15) is 19.2 Å². The summed E-state index contributed by atoms with van der Waals surface area (Å²) in [6.45, 7) is 3.44. The van der Waals surface area contributed by atoms with Crippen LogP contribution in [0.25, 0.3) is 0 Å². The van der Waals surface area contributed by atoms with Gasteiger partial charge in [-0.15, -0.1) is 0 Å². The molecule has 234 valence electrons. The third kappa shape index (κ3) is 9.84. The Morgan fingerprint density at radius 1 is 0.609 bits per heavy atom. The van der Waals surface area contributed by atoms with Gasteiger partial charge in [0, 0.05) is 34.9 Å². The fourth-order valence-corrected chi connectivity index (χ4v) is 5.40. The summed E-state index contributed by atoms with van der Waals surface area (Å²) >= 11 is 2.29. The summed E-state index contributed by atoms with van der Waals surface area (Å²) in [7, 11) is 0. The molecule has 2 heterocycles. The van der Waals surface area contributed by atoms with Crippen LogP contribution in [0.3, 0.4) is 0 Å². The van der Waals surface area contributed by atoms with E-state index in [4.69, 9.17) is 9.47 Å². The van der Waals surface area contributed by atoms with E-state index in [1.54, 1.807) is 86.6 Å². The summed E-state index contributed by atoms with van der Waals surface area (Å²) in [4.78, 5) is 61.3. The van der Waals surface area contributed by atoms with Gasteiger partial charge in [-0.25, -0.2) is 9.97 Å². The first-order valence-corrected chi connectivity index (χ1v) is 15.8. The largest absolute Gasteiger partial charge is 0.457 e. The number of H-pyrrole nitrogens is 2. The lowest BCUT2D eigenvalue weighted by atomic mass is 10.3. The van der Waals surface area contributed by atoms with E-state index in [-0.39, 0.29) is 34.4 Å². The van der Waals surface area contributed by atoms with Gasteiger partial charge >= 0.3 is 0 Å². The van der Waals surface area contributed by atoms with Crippen LogP contribution in [-0.2, 0) is 9.59 Å². The molecular formula is C32H28N6O6S2. The monoisotopic (exact) mass is 656 g/mol. The van der Waals surface area contributed by atoms with Gasteiger partial charge in [0.1, 0.15) is 23.0 Å². The number of nitrogens with one attached hydrogen (secondary N) is 4. The van der Waals surface area contributed by atoms with Crippen LogP contribution in [-0.4, -0.2) is 43.3 Å². The molecule has 46 heavy (non-hydrogen) atoms. The van der Waals surface area contributed by atoms with Gasteiger partial charge in [0.05, 0.1) is 11.5 Å². The van der Waals surface area contributed by atoms with Gasteiger partial charge in [0.25, 0.3) is 11.1 Å². The lowest BCUT2D eigenvalue weighted by molar-refractivity contribution is -0.114. The Morgan fingerprint density at radius 2 is 0.935 bits per heavy atom. The fourth-order valence-electron chi connectivity index (χ4n) is 3.96. The van der Waals surface area contributed by atoms with Crippen molar-refractivity contribution < 1.29 is 19.1 Å². The quantitative estimate of drug-likeness (QED) is 0.0992. The minimum absolute atomic E-state index is 0.0941. The van der Waals surface area contributed by atoms with Crippen LogP contribution >= 0.6 is 23.5 Å². The molecule has 3 aromatic carbocycles. The number of amides is 2. The number of hydrogen-bond donors (Lipinski definition) is 4. The number of nitrogens with zero attached hydrogens (tertiary/aromatic N) is 2. The van der Waals surface area contributed by atoms with Gasteiger partial charge in [-0.2, -0.15) is 0 Å². The van der Waals surface area contributed by atoms with Crippen LogP contribution in [0.15, 0.2) is 105 Å².